The molecule has 7 heteroatoms. The largest absolute Gasteiger partial charge is 0.376 e. The van der Waals surface area contributed by atoms with Crippen molar-refractivity contribution < 1.29 is 23.5 Å². The van der Waals surface area contributed by atoms with E-state index in [9.17, 15) is 18.8 Å². The summed E-state index contributed by atoms with van der Waals surface area (Å²) in [6.07, 6.45) is 1.39. The second-order valence-corrected chi connectivity index (χ2v) is 7.72. The van der Waals surface area contributed by atoms with Crippen molar-refractivity contribution in [2.75, 3.05) is 18.1 Å². The van der Waals surface area contributed by atoms with E-state index in [1.165, 1.54) is 29.2 Å². The first-order valence-electron chi connectivity index (χ1n) is 10.1. The fourth-order valence-corrected chi connectivity index (χ4v) is 3.94. The molecular weight excluding hydrogens is 387 g/mol. The number of aryl methyl sites for hydroxylation is 1. The molecule has 0 bridgehead atoms. The highest BCUT2D eigenvalue weighted by molar-refractivity contribution is 6.23. The molecule has 0 N–H and O–H groups in total. The number of amides is 3. The molecule has 2 heterocycles. The summed E-state index contributed by atoms with van der Waals surface area (Å²) < 4.78 is 19.0. The number of hydrogen-bond donors (Lipinski definition) is 0. The smallest absolute Gasteiger partial charge is 0.257 e. The van der Waals surface area contributed by atoms with Crippen LogP contribution in [0.15, 0.2) is 48.5 Å². The molecule has 30 heavy (non-hydrogen) atoms. The van der Waals surface area contributed by atoms with Crippen LogP contribution >= 0.6 is 0 Å². The molecule has 0 saturated carbocycles. The van der Waals surface area contributed by atoms with Gasteiger partial charge in [0, 0.05) is 18.7 Å². The fraction of sp³-hybridized carbons (Fsp3) is 0.348. The lowest BCUT2D eigenvalue weighted by Gasteiger charge is -2.30. The van der Waals surface area contributed by atoms with Crippen molar-refractivity contribution in [1.29, 1.82) is 0 Å². The van der Waals surface area contributed by atoms with Gasteiger partial charge in [-0.05, 0) is 56.2 Å². The summed E-state index contributed by atoms with van der Waals surface area (Å²) in [5.74, 6) is -1.65. The number of imide groups is 1. The number of carbonyl (C=O) groups is 3. The normalized spacial score (nSPS) is 21.3. The molecule has 0 aliphatic carbocycles. The highest BCUT2D eigenvalue weighted by atomic mass is 19.1. The standard InChI is InChI=1S/C23H23FN2O4/c1-15-4-10-18(11-5-15)26-21(27)13-20(23(26)29)25(14-19-3-2-12-30-19)22(28)16-6-8-17(24)9-7-16/h4-11,19-20H,2-3,12-14H2,1H3. The van der Waals surface area contributed by atoms with Gasteiger partial charge in [0.05, 0.1) is 18.2 Å². The second kappa shape index (κ2) is 8.36. The third-order valence-electron chi connectivity index (χ3n) is 5.57. The molecule has 0 aromatic heterocycles. The van der Waals surface area contributed by atoms with Crippen molar-refractivity contribution in [2.24, 2.45) is 0 Å². The highest BCUT2D eigenvalue weighted by Gasteiger charge is 2.45. The zero-order chi connectivity index (χ0) is 21.3. The number of benzene rings is 2. The van der Waals surface area contributed by atoms with Gasteiger partial charge >= 0.3 is 0 Å². The summed E-state index contributed by atoms with van der Waals surface area (Å²) >= 11 is 0. The first-order valence-corrected chi connectivity index (χ1v) is 10.1. The molecular formula is C23H23FN2O4. The van der Waals surface area contributed by atoms with Crippen LogP contribution in [0.25, 0.3) is 0 Å². The summed E-state index contributed by atoms with van der Waals surface area (Å²) in [5.41, 5.74) is 1.77. The summed E-state index contributed by atoms with van der Waals surface area (Å²) in [7, 11) is 0. The van der Waals surface area contributed by atoms with E-state index in [1.54, 1.807) is 12.1 Å². The monoisotopic (exact) mass is 410 g/mol. The SMILES string of the molecule is Cc1ccc(N2C(=O)CC(N(CC3CCCO3)C(=O)c3ccc(F)cc3)C2=O)cc1. The maximum absolute atomic E-state index is 13.3. The zero-order valence-corrected chi connectivity index (χ0v) is 16.7. The molecule has 2 aliphatic heterocycles. The van der Waals surface area contributed by atoms with Crippen molar-refractivity contribution in [1.82, 2.24) is 4.90 Å². The van der Waals surface area contributed by atoms with Crippen LogP contribution < -0.4 is 4.90 Å². The van der Waals surface area contributed by atoms with Crippen LogP contribution in [0.3, 0.4) is 0 Å². The van der Waals surface area contributed by atoms with Gasteiger partial charge in [0.2, 0.25) is 5.91 Å². The average molecular weight is 410 g/mol. The van der Waals surface area contributed by atoms with Gasteiger partial charge in [0.1, 0.15) is 11.9 Å². The second-order valence-electron chi connectivity index (χ2n) is 7.72. The minimum absolute atomic E-state index is 0.0909. The molecule has 3 amide bonds. The number of anilines is 1. The van der Waals surface area contributed by atoms with Crippen molar-refractivity contribution in [2.45, 2.75) is 38.3 Å². The Labute approximate surface area is 174 Å². The third-order valence-corrected chi connectivity index (χ3v) is 5.57. The Morgan fingerprint density at radius 3 is 2.47 bits per heavy atom. The maximum atomic E-state index is 13.3. The lowest BCUT2D eigenvalue weighted by Crippen LogP contribution is -2.48. The van der Waals surface area contributed by atoms with Gasteiger partial charge in [-0.1, -0.05) is 17.7 Å². The van der Waals surface area contributed by atoms with Gasteiger partial charge in [-0.15, -0.1) is 0 Å². The lowest BCUT2D eigenvalue weighted by atomic mass is 10.1. The van der Waals surface area contributed by atoms with Gasteiger partial charge < -0.3 is 9.64 Å². The summed E-state index contributed by atoms with van der Waals surface area (Å²) in [6.45, 7) is 2.74. The Bertz CT molecular complexity index is 952. The number of hydrogen-bond acceptors (Lipinski definition) is 4. The van der Waals surface area contributed by atoms with Crippen molar-refractivity contribution in [3.8, 4) is 0 Å². The first kappa shape index (κ1) is 20.2. The van der Waals surface area contributed by atoms with Gasteiger partial charge in [0.25, 0.3) is 11.8 Å². The van der Waals surface area contributed by atoms with Crippen molar-refractivity contribution >= 4 is 23.4 Å². The molecule has 2 fully saturated rings. The zero-order valence-electron chi connectivity index (χ0n) is 16.7. The van der Waals surface area contributed by atoms with Gasteiger partial charge in [-0.3, -0.25) is 14.4 Å². The van der Waals surface area contributed by atoms with E-state index in [0.717, 1.165) is 23.3 Å². The van der Waals surface area contributed by atoms with E-state index in [4.69, 9.17) is 4.74 Å². The van der Waals surface area contributed by atoms with Crippen molar-refractivity contribution in [3.63, 3.8) is 0 Å². The molecule has 2 saturated heterocycles. The maximum Gasteiger partial charge on any atom is 0.257 e. The average Bonchev–Trinajstić information content (AvgIpc) is 3.35. The van der Waals surface area contributed by atoms with E-state index < -0.39 is 23.7 Å². The summed E-state index contributed by atoms with van der Waals surface area (Å²) in [6, 6.07) is 11.4. The predicted octanol–water partition coefficient (Wildman–Crippen LogP) is 3.09. The first-order chi connectivity index (χ1) is 14.4. The number of rotatable bonds is 5. The van der Waals surface area contributed by atoms with E-state index >= 15 is 0 Å². The molecule has 2 aromatic rings. The van der Waals surface area contributed by atoms with Crippen LogP contribution in [-0.4, -0.2) is 47.9 Å². The number of ether oxygens (including phenoxy) is 1. The Morgan fingerprint density at radius 2 is 1.83 bits per heavy atom. The minimum atomic E-state index is -0.916. The third kappa shape index (κ3) is 3.98. The van der Waals surface area contributed by atoms with Crippen LogP contribution in [0, 0.1) is 12.7 Å². The Kier molecular flexibility index (Phi) is 5.63. The quantitative estimate of drug-likeness (QED) is 0.711. The van der Waals surface area contributed by atoms with E-state index in [0.29, 0.717) is 12.3 Å². The molecule has 4 rings (SSSR count). The number of carbonyl (C=O) groups excluding carboxylic acids is 3. The minimum Gasteiger partial charge on any atom is -0.376 e. The van der Waals surface area contributed by atoms with Crippen LogP contribution in [0.1, 0.15) is 35.2 Å². The Balaban J connectivity index is 1.63. The fourth-order valence-electron chi connectivity index (χ4n) is 3.94. The number of nitrogens with zero attached hydrogens (tertiary/aromatic N) is 2. The van der Waals surface area contributed by atoms with Gasteiger partial charge in [-0.2, -0.15) is 0 Å². The highest BCUT2D eigenvalue weighted by Crippen LogP contribution is 2.28. The summed E-state index contributed by atoms with van der Waals surface area (Å²) in [5, 5.41) is 0. The molecule has 0 radical (unpaired) electrons. The molecule has 6 nitrogen and oxygen atoms in total. The lowest BCUT2D eigenvalue weighted by molar-refractivity contribution is -0.122. The molecule has 0 spiro atoms. The molecule has 2 atom stereocenters. The van der Waals surface area contributed by atoms with Crippen LogP contribution in [-0.2, 0) is 14.3 Å². The topological polar surface area (TPSA) is 66.9 Å². The summed E-state index contributed by atoms with van der Waals surface area (Å²) in [4.78, 5) is 41.7. The van der Waals surface area contributed by atoms with Crippen LogP contribution in [0.4, 0.5) is 10.1 Å². The van der Waals surface area contributed by atoms with Crippen LogP contribution in [0.2, 0.25) is 0 Å². The molecule has 2 aromatic carbocycles. The van der Waals surface area contributed by atoms with Gasteiger partial charge in [0.15, 0.2) is 0 Å². The van der Waals surface area contributed by atoms with Crippen LogP contribution in [0.5, 0.6) is 0 Å². The van der Waals surface area contributed by atoms with Crippen molar-refractivity contribution in [3.05, 3.63) is 65.5 Å². The number of halogens is 1. The molecule has 156 valence electrons. The van der Waals surface area contributed by atoms with E-state index in [1.807, 2.05) is 19.1 Å². The predicted molar refractivity (Wildman–Crippen MR) is 108 cm³/mol. The Morgan fingerprint density at radius 1 is 1.13 bits per heavy atom. The van der Waals surface area contributed by atoms with Gasteiger partial charge in [-0.25, -0.2) is 9.29 Å². The molecule has 2 unspecified atom stereocenters. The molecule has 2 aliphatic rings. The van der Waals surface area contributed by atoms with E-state index in [2.05, 4.69) is 0 Å². The Hall–Kier alpha value is -3.06. The van der Waals surface area contributed by atoms with E-state index in [-0.39, 0.29) is 30.5 Å².